The molecule has 0 aliphatic heterocycles. The van der Waals surface area contributed by atoms with Crippen LogP contribution in [0.1, 0.15) is 10.4 Å². The highest BCUT2D eigenvalue weighted by Crippen LogP contribution is 2.09. The van der Waals surface area contributed by atoms with Crippen LogP contribution in [0.4, 0.5) is 5.69 Å². The van der Waals surface area contributed by atoms with E-state index in [0.29, 0.717) is 5.56 Å². The maximum absolute atomic E-state index is 11.5. The largest absolute Gasteiger partial charge is 0.426 e. The fourth-order valence-electron chi connectivity index (χ4n) is 1.19. The van der Waals surface area contributed by atoms with E-state index in [1.165, 1.54) is 0 Å². The van der Waals surface area contributed by atoms with E-state index in [4.69, 9.17) is 0 Å². The Labute approximate surface area is 76.5 Å². The maximum atomic E-state index is 11.5. The van der Waals surface area contributed by atoms with Crippen LogP contribution in [0, 0.1) is 0 Å². The Morgan fingerprint density at radius 2 is 2.23 bits per heavy atom. The fraction of sp³-hybridized carbons (Fsp3) is 0. The minimum Gasteiger partial charge on any atom is -0.426 e. The molecule has 2 aromatic rings. The summed E-state index contributed by atoms with van der Waals surface area (Å²) in [5.41, 5.74) is 1.53. The van der Waals surface area contributed by atoms with E-state index in [1.807, 2.05) is 36.4 Å². The Balaban J connectivity index is 2.08. The van der Waals surface area contributed by atoms with Crippen molar-refractivity contribution in [2.75, 3.05) is 5.32 Å². The summed E-state index contributed by atoms with van der Waals surface area (Å²) in [5.74, 6) is -0.0591. The van der Waals surface area contributed by atoms with Crippen LogP contribution in [-0.2, 0) is 0 Å². The first-order valence-electron chi connectivity index (χ1n) is 4.11. The first-order chi connectivity index (χ1) is 6.36. The number of nitrogens with one attached hydrogen (secondary N) is 1. The highest BCUT2D eigenvalue weighted by molar-refractivity contribution is 6.04. The molecule has 0 aliphatic rings. The quantitative estimate of drug-likeness (QED) is 0.690. The van der Waals surface area contributed by atoms with Gasteiger partial charge in [0.1, 0.15) is 0 Å². The monoisotopic (exact) mass is 171 g/mol. The predicted octanol–water partition coefficient (Wildman–Crippen LogP) is 2.38. The average Bonchev–Trinajstić information content (AvgIpc) is 2.74. The van der Waals surface area contributed by atoms with Crippen molar-refractivity contribution >= 4 is 11.6 Å². The molecule has 1 N–H and O–H groups in total. The van der Waals surface area contributed by atoms with Crippen LogP contribution in [0.15, 0.2) is 48.5 Å². The lowest BCUT2D eigenvalue weighted by molar-refractivity contribution is 0.102. The molecule has 2 aromatic carbocycles. The number of rotatable bonds is 2. The van der Waals surface area contributed by atoms with Gasteiger partial charge in [-0.2, -0.15) is 42.5 Å². The highest BCUT2D eigenvalue weighted by Gasteiger charge is 1.92. The summed E-state index contributed by atoms with van der Waals surface area (Å²) in [7, 11) is 0. The van der Waals surface area contributed by atoms with Crippen LogP contribution in [0.25, 0.3) is 0 Å². The van der Waals surface area contributed by atoms with Gasteiger partial charge in [-0.3, -0.25) is 0 Å². The Hall–Kier alpha value is -1.83. The zero-order chi connectivity index (χ0) is 9.10. The lowest BCUT2D eigenvalue weighted by atomic mass is 10.3. The van der Waals surface area contributed by atoms with Gasteiger partial charge >= 0.3 is 0 Å². The van der Waals surface area contributed by atoms with Gasteiger partial charge in [-0.1, -0.05) is 5.56 Å². The minimum atomic E-state index is -0.0591. The van der Waals surface area contributed by atoms with E-state index in [-0.39, 0.29) is 5.91 Å². The van der Waals surface area contributed by atoms with Crippen LogP contribution < -0.4 is 5.32 Å². The van der Waals surface area contributed by atoms with E-state index in [2.05, 4.69) is 5.32 Å². The first kappa shape index (κ1) is 7.80. The summed E-state index contributed by atoms with van der Waals surface area (Å²) in [6, 6.07) is 14.8. The molecule has 66 valence electrons. The van der Waals surface area contributed by atoms with Crippen LogP contribution in [-0.4, -0.2) is 5.91 Å². The van der Waals surface area contributed by atoms with Crippen molar-refractivity contribution in [1.29, 1.82) is 0 Å². The number of carbonyl (C=O) groups is 1. The van der Waals surface area contributed by atoms with Gasteiger partial charge in [0, 0.05) is 0 Å². The van der Waals surface area contributed by atoms with Gasteiger partial charge in [0.25, 0.3) is 0 Å². The Morgan fingerprint density at radius 1 is 1.31 bits per heavy atom. The third kappa shape index (κ3) is 1.67. The number of anilines is 1. The lowest BCUT2D eigenvalue weighted by Gasteiger charge is -2.11. The van der Waals surface area contributed by atoms with Gasteiger partial charge in [0.05, 0.1) is 0 Å². The maximum Gasteiger partial charge on any atom is 0.157 e. The van der Waals surface area contributed by atoms with Crippen molar-refractivity contribution in [3.63, 3.8) is 0 Å². The zero-order valence-corrected chi connectivity index (χ0v) is 7.03. The van der Waals surface area contributed by atoms with Crippen molar-refractivity contribution < 1.29 is 4.79 Å². The third-order valence-corrected chi connectivity index (χ3v) is 1.85. The van der Waals surface area contributed by atoms with Gasteiger partial charge in [-0.05, 0) is 0 Å². The lowest BCUT2D eigenvalue weighted by Crippen LogP contribution is -2.09. The molecule has 0 atom stereocenters. The summed E-state index contributed by atoms with van der Waals surface area (Å²) < 4.78 is 0. The molecule has 0 saturated carbocycles. The first-order valence-corrected chi connectivity index (χ1v) is 4.11. The van der Waals surface area contributed by atoms with E-state index >= 15 is 0 Å². The van der Waals surface area contributed by atoms with Crippen LogP contribution in [0.5, 0.6) is 0 Å². The van der Waals surface area contributed by atoms with E-state index in [0.717, 1.165) is 5.69 Å². The molecule has 2 rings (SSSR count). The topological polar surface area (TPSA) is 29.1 Å². The summed E-state index contributed by atoms with van der Waals surface area (Å²) in [4.78, 5) is 11.5. The Bertz CT molecular complexity index is 370. The molecule has 0 unspecified atom stereocenters. The Morgan fingerprint density at radius 3 is 2.85 bits per heavy atom. The predicted molar refractivity (Wildman–Crippen MR) is 52.0 cm³/mol. The molecule has 0 heterocycles. The van der Waals surface area contributed by atoms with Crippen LogP contribution >= 0.6 is 0 Å². The third-order valence-electron chi connectivity index (χ3n) is 1.85. The normalized spacial score (nSPS) is 9.85. The fourth-order valence-corrected chi connectivity index (χ4v) is 1.19. The smallest absolute Gasteiger partial charge is 0.157 e. The average molecular weight is 171 g/mol. The summed E-state index contributed by atoms with van der Waals surface area (Å²) in [5, 5.41) is 2.79. The van der Waals surface area contributed by atoms with Crippen LogP contribution in [0.3, 0.4) is 0 Å². The highest BCUT2D eigenvalue weighted by atomic mass is 16.1. The van der Waals surface area contributed by atoms with Gasteiger partial charge in [0.2, 0.25) is 0 Å². The second-order valence-electron chi connectivity index (χ2n) is 2.80. The van der Waals surface area contributed by atoms with E-state index < -0.39 is 0 Å². The van der Waals surface area contributed by atoms with Gasteiger partial charge in [-0.15, -0.1) is 11.8 Å². The molecule has 0 radical (unpaired) electrons. The molecule has 0 bridgehead atoms. The molecule has 0 aromatic heterocycles. The SMILES string of the molecule is O=C(Nc1cc[cH-]c1)c1ccc[cH-]1. The second kappa shape index (κ2) is 3.27. The van der Waals surface area contributed by atoms with Crippen molar-refractivity contribution in [3.05, 3.63) is 54.1 Å². The van der Waals surface area contributed by atoms with Gasteiger partial charge in [-0.25, -0.2) is 0 Å². The summed E-state index contributed by atoms with van der Waals surface area (Å²) >= 11 is 0. The molecular weight excluding hydrogens is 162 g/mol. The molecule has 0 aliphatic carbocycles. The van der Waals surface area contributed by atoms with Crippen molar-refractivity contribution in [2.24, 2.45) is 0 Å². The number of hydrogen-bond acceptors (Lipinski definition) is 1. The van der Waals surface area contributed by atoms with E-state index in [9.17, 15) is 4.79 Å². The number of amides is 1. The van der Waals surface area contributed by atoms with Crippen molar-refractivity contribution in [3.8, 4) is 0 Å². The zero-order valence-electron chi connectivity index (χ0n) is 7.03. The molecule has 0 saturated heterocycles. The molecule has 0 spiro atoms. The van der Waals surface area contributed by atoms with E-state index in [1.54, 1.807) is 12.1 Å². The second-order valence-corrected chi connectivity index (χ2v) is 2.80. The standard InChI is InChI=1S/C11H9NO/c13-11(9-5-1-2-6-9)12-10-7-3-4-8-10/h1-8H,(H,12,13)/q-2. The van der Waals surface area contributed by atoms with Crippen molar-refractivity contribution in [2.45, 2.75) is 0 Å². The molecule has 2 heteroatoms. The summed E-state index contributed by atoms with van der Waals surface area (Å²) in [6.07, 6.45) is 0. The minimum absolute atomic E-state index is 0.0591. The van der Waals surface area contributed by atoms with Gasteiger partial charge in [0.15, 0.2) is 5.91 Å². The Kier molecular flexibility index (Phi) is 1.96. The number of hydrogen-bond donors (Lipinski definition) is 1. The molecule has 1 amide bonds. The molecule has 0 fully saturated rings. The summed E-state index contributed by atoms with van der Waals surface area (Å²) in [6.45, 7) is 0. The number of carbonyl (C=O) groups excluding carboxylic acids is 1. The van der Waals surface area contributed by atoms with Crippen LogP contribution in [0.2, 0.25) is 0 Å². The molecule has 2 nitrogen and oxygen atoms in total. The van der Waals surface area contributed by atoms with Gasteiger partial charge < -0.3 is 10.1 Å². The van der Waals surface area contributed by atoms with Crippen molar-refractivity contribution in [1.82, 2.24) is 0 Å². The molecular formula is C11H9NO-2. The molecule has 13 heavy (non-hydrogen) atoms.